The molecule has 0 aliphatic carbocycles. The van der Waals surface area contributed by atoms with Crippen LogP contribution in [0.4, 0.5) is 11.4 Å². The predicted molar refractivity (Wildman–Crippen MR) is 49.3 cm³/mol. The second kappa shape index (κ2) is 4.01. The Kier molecular flexibility index (Phi) is 2.98. The lowest BCUT2D eigenvalue weighted by Crippen LogP contribution is -1.99. The van der Waals surface area contributed by atoms with E-state index in [9.17, 15) is 20.2 Å². The zero-order valence-electron chi connectivity index (χ0n) is 6.84. The Morgan fingerprint density at radius 2 is 1.86 bits per heavy atom. The van der Waals surface area contributed by atoms with Crippen LogP contribution in [0.1, 0.15) is 5.56 Å². The van der Waals surface area contributed by atoms with Crippen molar-refractivity contribution in [2.75, 3.05) is 0 Å². The van der Waals surface area contributed by atoms with Crippen LogP contribution in [0.25, 0.3) is 0 Å². The minimum absolute atomic E-state index is 0.127. The zero-order valence-corrected chi connectivity index (χ0v) is 7.60. The lowest BCUT2D eigenvalue weighted by Gasteiger charge is -1.98. The van der Waals surface area contributed by atoms with Crippen LogP contribution in [0.2, 0.25) is 0 Å². The molecule has 0 heterocycles. The van der Waals surface area contributed by atoms with E-state index < -0.39 is 21.2 Å². The Morgan fingerprint density at radius 1 is 1.21 bits per heavy atom. The highest BCUT2D eigenvalue weighted by molar-refractivity contribution is 6.17. The van der Waals surface area contributed by atoms with E-state index in [-0.39, 0.29) is 11.4 Å². The average Bonchev–Trinajstić information content (AvgIpc) is 2.16. The van der Waals surface area contributed by atoms with Crippen LogP contribution < -0.4 is 0 Å². The molecular formula is C7H5ClN2O4. The fraction of sp³-hybridized carbons (Fsp3) is 0.143. The number of nitro benzene ring substituents is 2. The van der Waals surface area contributed by atoms with Crippen LogP contribution in [0.15, 0.2) is 18.2 Å². The number of rotatable bonds is 3. The van der Waals surface area contributed by atoms with Crippen molar-refractivity contribution in [2.24, 2.45) is 0 Å². The number of hydrogen-bond donors (Lipinski definition) is 0. The molecule has 1 rings (SSSR count). The molecule has 0 saturated carbocycles. The normalized spacial score (nSPS) is 9.79. The van der Waals surface area contributed by atoms with E-state index in [0.717, 1.165) is 6.07 Å². The maximum Gasteiger partial charge on any atom is 0.350 e. The van der Waals surface area contributed by atoms with Crippen molar-refractivity contribution in [3.8, 4) is 0 Å². The van der Waals surface area contributed by atoms with Crippen molar-refractivity contribution in [1.82, 2.24) is 0 Å². The molecule has 0 saturated heterocycles. The van der Waals surface area contributed by atoms with Gasteiger partial charge in [-0.15, -0.1) is 11.6 Å². The number of hydrogen-bond acceptors (Lipinski definition) is 4. The SMILES string of the molecule is O=[N+]([O-])c1cccc(CCl)c1[N+](=O)[O-]. The summed E-state index contributed by atoms with van der Waals surface area (Å²) >= 11 is 5.43. The highest BCUT2D eigenvalue weighted by Crippen LogP contribution is 2.31. The molecule has 0 spiro atoms. The average molecular weight is 217 g/mol. The molecular weight excluding hydrogens is 212 g/mol. The number of nitro groups is 2. The van der Waals surface area contributed by atoms with Gasteiger partial charge in [0.1, 0.15) is 0 Å². The van der Waals surface area contributed by atoms with Crippen molar-refractivity contribution in [1.29, 1.82) is 0 Å². The molecule has 0 atom stereocenters. The van der Waals surface area contributed by atoms with E-state index in [2.05, 4.69) is 0 Å². The summed E-state index contributed by atoms with van der Waals surface area (Å²) in [4.78, 5) is 19.4. The van der Waals surface area contributed by atoms with Gasteiger partial charge in [0.05, 0.1) is 21.3 Å². The first-order valence-electron chi connectivity index (χ1n) is 3.54. The highest BCUT2D eigenvalue weighted by atomic mass is 35.5. The zero-order chi connectivity index (χ0) is 10.7. The molecule has 0 amide bonds. The lowest BCUT2D eigenvalue weighted by atomic mass is 10.2. The van der Waals surface area contributed by atoms with Crippen molar-refractivity contribution in [3.63, 3.8) is 0 Å². The largest absolute Gasteiger partial charge is 0.350 e. The minimum atomic E-state index is -0.797. The number of nitrogens with zero attached hydrogens (tertiary/aromatic N) is 2. The summed E-state index contributed by atoms with van der Waals surface area (Å²) in [5.41, 5.74) is -0.925. The van der Waals surface area contributed by atoms with Crippen molar-refractivity contribution in [3.05, 3.63) is 44.0 Å². The lowest BCUT2D eigenvalue weighted by molar-refractivity contribution is -0.422. The van der Waals surface area contributed by atoms with E-state index in [0.29, 0.717) is 0 Å². The molecule has 0 aliphatic rings. The van der Waals surface area contributed by atoms with Crippen LogP contribution >= 0.6 is 11.6 Å². The minimum Gasteiger partial charge on any atom is -0.258 e. The maximum atomic E-state index is 10.5. The number of para-hydroxylation sites is 1. The van der Waals surface area contributed by atoms with Gasteiger partial charge in [-0.3, -0.25) is 20.2 Å². The fourth-order valence-electron chi connectivity index (χ4n) is 1.04. The van der Waals surface area contributed by atoms with Crippen LogP contribution in [-0.2, 0) is 5.88 Å². The maximum absolute atomic E-state index is 10.5. The molecule has 0 bridgehead atoms. The Labute approximate surface area is 83.4 Å². The van der Waals surface area contributed by atoms with Gasteiger partial charge in [0.2, 0.25) is 0 Å². The first-order chi connectivity index (χ1) is 6.57. The van der Waals surface area contributed by atoms with Gasteiger partial charge in [0.25, 0.3) is 0 Å². The van der Waals surface area contributed by atoms with Gasteiger partial charge >= 0.3 is 11.4 Å². The second-order valence-electron chi connectivity index (χ2n) is 2.43. The van der Waals surface area contributed by atoms with Gasteiger partial charge in [-0.25, -0.2) is 0 Å². The molecule has 7 heteroatoms. The van der Waals surface area contributed by atoms with E-state index in [1.807, 2.05) is 0 Å². The summed E-state index contributed by atoms with van der Waals surface area (Å²) in [6.45, 7) is 0. The molecule has 1 aromatic rings. The third kappa shape index (κ3) is 1.80. The van der Waals surface area contributed by atoms with E-state index in [1.54, 1.807) is 0 Å². The Bertz CT molecular complexity index is 393. The van der Waals surface area contributed by atoms with E-state index >= 15 is 0 Å². The molecule has 6 nitrogen and oxygen atoms in total. The Hall–Kier alpha value is -1.69. The van der Waals surface area contributed by atoms with Crippen LogP contribution in [-0.4, -0.2) is 9.85 Å². The highest BCUT2D eigenvalue weighted by Gasteiger charge is 2.27. The third-order valence-electron chi connectivity index (χ3n) is 1.62. The molecule has 0 unspecified atom stereocenters. The molecule has 0 aliphatic heterocycles. The van der Waals surface area contributed by atoms with Gasteiger partial charge in [0.15, 0.2) is 0 Å². The van der Waals surface area contributed by atoms with E-state index in [4.69, 9.17) is 11.6 Å². The van der Waals surface area contributed by atoms with Gasteiger partial charge in [-0.05, 0) is 0 Å². The number of halogens is 1. The monoisotopic (exact) mass is 216 g/mol. The number of benzene rings is 1. The molecule has 74 valence electrons. The molecule has 1 aromatic carbocycles. The van der Waals surface area contributed by atoms with Crippen molar-refractivity contribution < 1.29 is 9.85 Å². The third-order valence-corrected chi connectivity index (χ3v) is 1.91. The molecule has 0 aromatic heterocycles. The fourth-order valence-corrected chi connectivity index (χ4v) is 1.26. The summed E-state index contributed by atoms with van der Waals surface area (Å²) in [6.07, 6.45) is 0. The standard InChI is InChI=1S/C7H5ClN2O4/c8-4-5-2-1-3-6(9(11)12)7(5)10(13)14/h1-3H,4H2. The molecule has 0 radical (unpaired) electrons. The van der Waals surface area contributed by atoms with Gasteiger partial charge in [-0.2, -0.15) is 0 Å². The quantitative estimate of drug-likeness (QED) is 0.440. The van der Waals surface area contributed by atoms with Crippen molar-refractivity contribution in [2.45, 2.75) is 5.88 Å². The first kappa shape index (κ1) is 10.4. The van der Waals surface area contributed by atoms with Gasteiger partial charge in [0, 0.05) is 6.07 Å². The first-order valence-corrected chi connectivity index (χ1v) is 4.08. The van der Waals surface area contributed by atoms with Crippen LogP contribution in [0, 0.1) is 20.2 Å². The second-order valence-corrected chi connectivity index (χ2v) is 2.70. The smallest absolute Gasteiger partial charge is 0.258 e. The Morgan fingerprint density at radius 3 is 2.29 bits per heavy atom. The summed E-state index contributed by atoms with van der Waals surface area (Å²) < 4.78 is 0. The van der Waals surface area contributed by atoms with Crippen molar-refractivity contribution >= 4 is 23.0 Å². The van der Waals surface area contributed by atoms with Gasteiger partial charge in [-0.1, -0.05) is 12.1 Å². The summed E-state index contributed by atoms with van der Waals surface area (Å²) in [5, 5.41) is 21.0. The van der Waals surface area contributed by atoms with E-state index in [1.165, 1.54) is 12.1 Å². The summed E-state index contributed by atoms with van der Waals surface area (Å²) in [7, 11) is 0. The van der Waals surface area contributed by atoms with Crippen LogP contribution in [0.5, 0.6) is 0 Å². The predicted octanol–water partition coefficient (Wildman–Crippen LogP) is 2.24. The molecule has 0 fully saturated rings. The summed E-state index contributed by atoms with van der Waals surface area (Å²) in [6, 6.07) is 3.83. The summed E-state index contributed by atoms with van der Waals surface area (Å²) in [5.74, 6) is -0.127. The topological polar surface area (TPSA) is 86.3 Å². The van der Waals surface area contributed by atoms with Gasteiger partial charge < -0.3 is 0 Å². The van der Waals surface area contributed by atoms with Crippen LogP contribution in [0.3, 0.4) is 0 Å². The Balaban J connectivity index is 3.43. The molecule has 14 heavy (non-hydrogen) atoms. The molecule has 0 N–H and O–H groups in total. The number of alkyl halides is 1.